The van der Waals surface area contributed by atoms with E-state index in [0.717, 1.165) is 27.6 Å². The number of Topliss-reactive ketones (excluding diaryl/α,β-unsaturated/α-hetero) is 1. The molecular weight excluding hydrogens is 372 g/mol. The van der Waals surface area contributed by atoms with Gasteiger partial charge in [0, 0.05) is 17.0 Å². The first-order valence-electron chi connectivity index (χ1n) is 10.0. The van der Waals surface area contributed by atoms with Crippen molar-refractivity contribution in [1.82, 2.24) is 0 Å². The van der Waals surface area contributed by atoms with Gasteiger partial charge in [0.1, 0.15) is 5.58 Å². The summed E-state index contributed by atoms with van der Waals surface area (Å²) < 4.78 is 5.45. The fraction of sp³-hybridized carbons (Fsp3) is 0.185. The zero-order valence-corrected chi connectivity index (χ0v) is 17.7. The lowest BCUT2D eigenvalue weighted by Gasteiger charge is -2.20. The van der Waals surface area contributed by atoms with E-state index in [1.54, 1.807) is 13.0 Å². The first-order valence-corrected chi connectivity index (χ1v) is 10.0. The summed E-state index contributed by atoms with van der Waals surface area (Å²) >= 11 is 0. The molecule has 4 rings (SSSR count). The Hall–Kier alpha value is -3.46. The van der Waals surface area contributed by atoms with Gasteiger partial charge < -0.3 is 4.42 Å². The minimum Gasteiger partial charge on any atom is -0.423 e. The van der Waals surface area contributed by atoms with Gasteiger partial charge in [-0.2, -0.15) is 0 Å². The van der Waals surface area contributed by atoms with Crippen LogP contribution in [0.4, 0.5) is 0 Å². The molecule has 0 aliphatic rings. The van der Waals surface area contributed by atoms with Crippen molar-refractivity contribution >= 4 is 16.8 Å². The molecule has 30 heavy (non-hydrogen) atoms. The van der Waals surface area contributed by atoms with Crippen molar-refractivity contribution in [1.29, 1.82) is 0 Å². The smallest absolute Gasteiger partial charge is 0.336 e. The molecule has 3 heteroatoms. The molecule has 0 atom stereocenters. The summed E-state index contributed by atoms with van der Waals surface area (Å²) in [4.78, 5) is 23.8. The molecule has 0 spiro atoms. The van der Waals surface area contributed by atoms with Crippen LogP contribution in [0.15, 0.2) is 82.0 Å². The monoisotopic (exact) mass is 396 g/mol. The van der Waals surface area contributed by atoms with Crippen LogP contribution in [0.2, 0.25) is 0 Å². The van der Waals surface area contributed by atoms with Crippen molar-refractivity contribution in [3.63, 3.8) is 0 Å². The summed E-state index contributed by atoms with van der Waals surface area (Å²) in [7, 11) is 0. The number of benzene rings is 3. The molecule has 0 saturated heterocycles. The van der Waals surface area contributed by atoms with Crippen molar-refractivity contribution in [3.05, 3.63) is 94.3 Å². The van der Waals surface area contributed by atoms with Gasteiger partial charge in [0.2, 0.25) is 0 Å². The molecule has 3 aromatic carbocycles. The Kier molecular flexibility index (Phi) is 4.90. The van der Waals surface area contributed by atoms with E-state index in [0.29, 0.717) is 11.1 Å². The first kappa shape index (κ1) is 19.8. The number of fused-ring (bicyclic) bond motifs is 1. The molecule has 0 saturated carbocycles. The van der Waals surface area contributed by atoms with E-state index in [2.05, 4.69) is 32.9 Å². The Labute approximate surface area is 176 Å². The number of rotatable bonds is 3. The number of hydrogen-bond acceptors (Lipinski definition) is 3. The summed E-state index contributed by atoms with van der Waals surface area (Å²) in [6, 6.07) is 23.2. The average Bonchev–Trinajstić information content (AvgIpc) is 2.72. The lowest BCUT2D eigenvalue weighted by molar-refractivity contribution is 0.101. The number of hydrogen-bond donors (Lipinski definition) is 0. The van der Waals surface area contributed by atoms with Crippen molar-refractivity contribution < 1.29 is 9.21 Å². The van der Waals surface area contributed by atoms with Gasteiger partial charge in [-0.25, -0.2) is 4.79 Å². The Morgan fingerprint density at radius 1 is 0.800 bits per heavy atom. The van der Waals surface area contributed by atoms with E-state index in [9.17, 15) is 9.59 Å². The van der Waals surface area contributed by atoms with E-state index in [-0.39, 0.29) is 16.8 Å². The number of carbonyl (C=O) groups is 1. The molecule has 0 N–H and O–H groups in total. The van der Waals surface area contributed by atoms with Gasteiger partial charge in [-0.1, -0.05) is 69.3 Å². The summed E-state index contributed by atoms with van der Waals surface area (Å²) in [5.74, 6) is 0.0485. The molecule has 0 radical (unpaired) electrons. The molecular formula is C27H24O3. The third kappa shape index (κ3) is 3.84. The van der Waals surface area contributed by atoms with Crippen molar-refractivity contribution in [2.45, 2.75) is 33.1 Å². The van der Waals surface area contributed by atoms with Gasteiger partial charge in [-0.3, -0.25) is 4.79 Å². The maximum Gasteiger partial charge on any atom is 0.336 e. The quantitative estimate of drug-likeness (QED) is 0.288. The van der Waals surface area contributed by atoms with Crippen LogP contribution in [0.5, 0.6) is 0 Å². The minimum absolute atomic E-state index is 0.0120. The molecule has 150 valence electrons. The third-order valence-corrected chi connectivity index (χ3v) is 5.41. The van der Waals surface area contributed by atoms with Crippen LogP contribution >= 0.6 is 0 Å². The second-order valence-electron chi connectivity index (χ2n) is 8.65. The molecule has 3 nitrogen and oxygen atoms in total. The highest BCUT2D eigenvalue weighted by atomic mass is 16.4. The van der Waals surface area contributed by atoms with E-state index >= 15 is 0 Å². The van der Waals surface area contributed by atoms with Gasteiger partial charge in [0.05, 0.1) is 0 Å². The highest BCUT2D eigenvalue weighted by Gasteiger charge is 2.16. The summed E-state index contributed by atoms with van der Waals surface area (Å²) in [5.41, 5.74) is 5.93. The van der Waals surface area contributed by atoms with E-state index in [1.807, 2.05) is 54.6 Å². The highest BCUT2D eigenvalue weighted by molar-refractivity contribution is 5.95. The largest absolute Gasteiger partial charge is 0.423 e. The van der Waals surface area contributed by atoms with Crippen molar-refractivity contribution in [3.8, 4) is 22.3 Å². The van der Waals surface area contributed by atoms with Crippen LogP contribution in [0.25, 0.3) is 33.2 Å². The van der Waals surface area contributed by atoms with E-state index in [1.165, 1.54) is 5.56 Å². The maximum absolute atomic E-state index is 12.2. The zero-order chi connectivity index (χ0) is 21.5. The van der Waals surface area contributed by atoms with Crippen LogP contribution < -0.4 is 5.63 Å². The minimum atomic E-state index is -0.364. The highest BCUT2D eigenvalue weighted by Crippen LogP contribution is 2.33. The lowest BCUT2D eigenvalue weighted by atomic mass is 9.85. The Morgan fingerprint density at radius 2 is 1.50 bits per heavy atom. The molecule has 0 aliphatic heterocycles. The fourth-order valence-electron chi connectivity index (χ4n) is 3.63. The molecule has 0 aliphatic carbocycles. The normalized spacial score (nSPS) is 11.6. The fourth-order valence-corrected chi connectivity index (χ4v) is 3.63. The molecule has 0 amide bonds. The van der Waals surface area contributed by atoms with Gasteiger partial charge >= 0.3 is 5.63 Å². The van der Waals surface area contributed by atoms with Crippen molar-refractivity contribution in [2.24, 2.45) is 0 Å². The predicted octanol–water partition coefficient (Wildman–Crippen LogP) is 6.63. The van der Waals surface area contributed by atoms with Gasteiger partial charge in [0.15, 0.2) is 5.78 Å². The van der Waals surface area contributed by atoms with E-state index < -0.39 is 0 Å². The summed E-state index contributed by atoms with van der Waals surface area (Å²) in [6.07, 6.45) is 0. The van der Waals surface area contributed by atoms with Crippen LogP contribution in [0.1, 0.15) is 43.6 Å². The van der Waals surface area contributed by atoms with Crippen molar-refractivity contribution in [2.75, 3.05) is 0 Å². The summed E-state index contributed by atoms with van der Waals surface area (Å²) in [5, 5.41) is 0.922. The molecule has 0 bridgehead atoms. The van der Waals surface area contributed by atoms with Crippen LogP contribution in [0, 0.1) is 0 Å². The van der Waals surface area contributed by atoms with Gasteiger partial charge in [0.25, 0.3) is 0 Å². The maximum atomic E-state index is 12.2. The third-order valence-electron chi connectivity index (χ3n) is 5.41. The Balaban J connectivity index is 1.87. The van der Waals surface area contributed by atoms with Gasteiger partial charge in [-0.05, 0) is 58.4 Å². The van der Waals surface area contributed by atoms with Crippen LogP contribution in [-0.4, -0.2) is 5.78 Å². The standard InChI is InChI=1S/C27H24O3/c1-17(28)18-8-10-19(11-9-18)20-6-5-7-21(14-20)23-16-26(29)30-25-13-12-22(15-24(23)25)27(2,3)4/h5-16H,1-4H3. The number of carbonyl (C=O) groups excluding carboxylic acids is 1. The average molecular weight is 396 g/mol. The topological polar surface area (TPSA) is 47.3 Å². The summed E-state index contributed by atoms with van der Waals surface area (Å²) in [6.45, 7) is 8.06. The first-order chi connectivity index (χ1) is 14.2. The SMILES string of the molecule is CC(=O)c1ccc(-c2cccc(-c3cc(=O)oc4ccc(C(C)(C)C)cc34)c2)cc1. The Bertz CT molecular complexity index is 1300. The predicted molar refractivity (Wildman–Crippen MR) is 122 cm³/mol. The van der Waals surface area contributed by atoms with Crippen LogP contribution in [-0.2, 0) is 5.41 Å². The van der Waals surface area contributed by atoms with Gasteiger partial charge in [-0.15, -0.1) is 0 Å². The second-order valence-corrected chi connectivity index (χ2v) is 8.65. The molecule has 4 aromatic rings. The lowest BCUT2D eigenvalue weighted by Crippen LogP contribution is -2.11. The Morgan fingerprint density at radius 3 is 2.17 bits per heavy atom. The second kappa shape index (κ2) is 7.42. The molecule has 1 heterocycles. The molecule has 0 unspecified atom stereocenters. The van der Waals surface area contributed by atoms with E-state index in [4.69, 9.17) is 4.42 Å². The molecule has 0 fully saturated rings. The molecule has 1 aromatic heterocycles. The zero-order valence-electron chi connectivity index (χ0n) is 17.7. The van der Waals surface area contributed by atoms with Crippen LogP contribution in [0.3, 0.4) is 0 Å². The number of ketones is 1.